The highest BCUT2D eigenvalue weighted by Gasteiger charge is 2.36. The van der Waals surface area contributed by atoms with Gasteiger partial charge >= 0.3 is 6.09 Å². The minimum absolute atomic E-state index is 0.112. The zero-order valence-electron chi connectivity index (χ0n) is 25.5. The molecule has 2 aromatic carbocycles. The number of nitrogens with one attached hydrogen (secondary N) is 2. The van der Waals surface area contributed by atoms with E-state index in [1.165, 1.54) is 0 Å². The van der Waals surface area contributed by atoms with Crippen molar-refractivity contribution < 1.29 is 19.1 Å². The average Bonchev–Trinajstić information content (AvgIpc) is 2.92. The molecular weight excluding hydrogens is 514 g/mol. The van der Waals surface area contributed by atoms with E-state index in [4.69, 9.17) is 11.2 Å². The van der Waals surface area contributed by atoms with Crippen molar-refractivity contribution in [3.63, 3.8) is 0 Å². The van der Waals surface area contributed by atoms with Crippen molar-refractivity contribution in [2.45, 2.75) is 97.9 Å². The Kier molecular flexibility index (Phi) is 13.4. The number of ether oxygens (including phenoxy) is 1. The van der Waals surface area contributed by atoms with Crippen LogP contribution in [0.15, 0.2) is 54.6 Å². The first-order chi connectivity index (χ1) is 19.4. The number of terminal acetylenes is 1. The molecule has 2 N–H and O–H groups in total. The van der Waals surface area contributed by atoms with Crippen LogP contribution in [0.5, 0.6) is 0 Å². The van der Waals surface area contributed by atoms with E-state index in [1.54, 1.807) is 49.9 Å². The van der Waals surface area contributed by atoms with Crippen LogP contribution < -0.4 is 10.6 Å². The smallest absolute Gasteiger partial charge is 0.408 e. The summed E-state index contributed by atoms with van der Waals surface area (Å²) in [5.74, 6) is 2.10. The number of benzene rings is 2. The minimum atomic E-state index is -0.908. The second-order valence-corrected chi connectivity index (χ2v) is 11.8. The fourth-order valence-electron chi connectivity index (χ4n) is 4.53. The Bertz CT molecular complexity index is 1150. The summed E-state index contributed by atoms with van der Waals surface area (Å²) in [4.78, 5) is 42.6. The molecule has 0 spiro atoms. The highest BCUT2D eigenvalue weighted by Crippen LogP contribution is 2.25. The van der Waals surface area contributed by atoms with Gasteiger partial charge in [0.25, 0.3) is 0 Å². The first-order valence-corrected chi connectivity index (χ1v) is 14.6. The van der Waals surface area contributed by atoms with Crippen molar-refractivity contribution in [2.75, 3.05) is 6.54 Å². The van der Waals surface area contributed by atoms with Gasteiger partial charge in [-0.25, -0.2) is 4.79 Å². The number of nitrogens with zero attached hydrogens (tertiary/aromatic N) is 1. The number of unbranched alkanes of at least 4 members (excludes halogenated alkanes) is 3. The molecule has 2 atom stereocenters. The number of carbonyl (C=O) groups excluding carboxylic acids is 3. The van der Waals surface area contributed by atoms with Gasteiger partial charge in [-0.15, -0.1) is 6.42 Å². The van der Waals surface area contributed by atoms with E-state index in [-0.39, 0.29) is 17.7 Å². The molecule has 2 aromatic rings. The van der Waals surface area contributed by atoms with E-state index < -0.39 is 23.8 Å². The van der Waals surface area contributed by atoms with Gasteiger partial charge in [-0.1, -0.05) is 88.4 Å². The SMILES string of the molecule is C#Cc1ccc(C(C(=O)NCc2ccccc2)N(CCCCCC)C(=O)C(CC(C)C)NC(=O)OC(C)(C)C)cc1. The maximum Gasteiger partial charge on any atom is 0.408 e. The van der Waals surface area contributed by atoms with Gasteiger partial charge in [0, 0.05) is 18.7 Å². The maximum absolute atomic E-state index is 14.3. The standard InChI is InChI=1S/C34H47N3O4/c1-8-10-11-15-22-37(32(39)29(23-25(3)4)36-33(40)41-34(5,6)7)30(28-20-18-26(9-2)19-21-28)31(38)35-24-27-16-13-12-14-17-27/h2,12-14,16-21,25,29-30H,8,10-11,15,22-24H2,1,3-7H3,(H,35,38)(H,36,40). The summed E-state index contributed by atoms with van der Waals surface area (Å²) >= 11 is 0. The van der Waals surface area contributed by atoms with Crippen LogP contribution in [-0.4, -0.2) is 41.0 Å². The predicted molar refractivity (Wildman–Crippen MR) is 164 cm³/mol. The third-order valence-corrected chi connectivity index (χ3v) is 6.49. The molecule has 222 valence electrons. The van der Waals surface area contributed by atoms with Crippen LogP contribution >= 0.6 is 0 Å². The molecule has 3 amide bonds. The molecule has 2 unspecified atom stereocenters. The predicted octanol–water partition coefficient (Wildman–Crippen LogP) is 6.37. The molecule has 0 saturated carbocycles. The molecule has 0 fully saturated rings. The van der Waals surface area contributed by atoms with E-state index in [9.17, 15) is 14.4 Å². The zero-order valence-corrected chi connectivity index (χ0v) is 25.5. The highest BCUT2D eigenvalue weighted by molar-refractivity contribution is 5.92. The highest BCUT2D eigenvalue weighted by atomic mass is 16.6. The number of amides is 3. The molecule has 0 aromatic heterocycles. The average molecular weight is 562 g/mol. The van der Waals surface area contributed by atoms with Gasteiger partial charge in [0.05, 0.1) is 0 Å². The van der Waals surface area contributed by atoms with Crippen LogP contribution in [0, 0.1) is 18.3 Å². The molecule has 0 bridgehead atoms. The number of hydrogen-bond donors (Lipinski definition) is 2. The minimum Gasteiger partial charge on any atom is -0.444 e. The molecule has 2 rings (SSSR count). The third kappa shape index (κ3) is 11.7. The topological polar surface area (TPSA) is 87.7 Å². The van der Waals surface area contributed by atoms with Gasteiger partial charge in [0.2, 0.25) is 11.8 Å². The van der Waals surface area contributed by atoms with Crippen LogP contribution in [-0.2, 0) is 20.9 Å². The second kappa shape index (κ2) is 16.5. The normalized spacial score (nSPS) is 12.6. The zero-order chi connectivity index (χ0) is 30.4. The molecule has 0 aliphatic heterocycles. The number of carbonyl (C=O) groups is 3. The Morgan fingerprint density at radius 3 is 2.20 bits per heavy atom. The second-order valence-electron chi connectivity index (χ2n) is 11.8. The monoisotopic (exact) mass is 561 g/mol. The molecule has 7 heteroatoms. The lowest BCUT2D eigenvalue weighted by Gasteiger charge is -2.35. The number of rotatable bonds is 14. The van der Waals surface area contributed by atoms with Crippen molar-refractivity contribution in [3.8, 4) is 12.3 Å². The van der Waals surface area contributed by atoms with Crippen molar-refractivity contribution in [3.05, 3.63) is 71.3 Å². The third-order valence-electron chi connectivity index (χ3n) is 6.49. The first-order valence-electron chi connectivity index (χ1n) is 14.6. The summed E-state index contributed by atoms with van der Waals surface area (Å²) in [6, 6.07) is 15.0. The largest absolute Gasteiger partial charge is 0.444 e. The van der Waals surface area contributed by atoms with E-state index >= 15 is 0 Å². The first kappa shape index (κ1) is 33.4. The van der Waals surface area contributed by atoms with E-state index in [0.717, 1.165) is 31.2 Å². The van der Waals surface area contributed by atoms with Crippen LogP contribution in [0.2, 0.25) is 0 Å². The lowest BCUT2D eigenvalue weighted by molar-refractivity contribution is -0.143. The van der Waals surface area contributed by atoms with E-state index in [0.29, 0.717) is 30.6 Å². The van der Waals surface area contributed by atoms with Crippen molar-refractivity contribution >= 4 is 17.9 Å². The lowest BCUT2D eigenvalue weighted by atomic mass is 9.98. The summed E-state index contributed by atoms with van der Waals surface area (Å²) in [6.45, 7) is 12.1. The Morgan fingerprint density at radius 1 is 0.976 bits per heavy atom. The molecule has 0 aliphatic rings. The van der Waals surface area contributed by atoms with Crippen LogP contribution in [0.3, 0.4) is 0 Å². The molecule has 0 saturated heterocycles. The molecule has 0 radical (unpaired) electrons. The summed E-state index contributed by atoms with van der Waals surface area (Å²) in [5, 5.41) is 5.83. The summed E-state index contributed by atoms with van der Waals surface area (Å²) in [7, 11) is 0. The quantitative estimate of drug-likeness (QED) is 0.207. The summed E-state index contributed by atoms with van der Waals surface area (Å²) < 4.78 is 5.48. The van der Waals surface area contributed by atoms with E-state index in [2.05, 4.69) is 23.5 Å². The molecule has 7 nitrogen and oxygen atoms in total. The van der Waals surface area contributed by atoms with Crippen molar-refractivity contribution in [2.24, 2.45) is 5.92 Å². The van der Waals surface area contributed by atoms with Crippen LogP contribution in [0.25, 0.3) is 0 Å². The number of hydrogen-bond acceptors (Lipinski definition) is 4. The van der Waals surface area contributed by atoms with Gasteiger partial charge in [-0.3, -0.25) is 9.59 Å². The fraction of sp³-hybridized carbons (Fsp3) is 0.500. The Morgan fingerprint density at radius 2 is 1.63 bits per heavy atom. The van der Waals surface area contributed by atoms with Crippen molar-refractivity contribution in [1.82, 2.24) is 15.5 Å². The van der Waals surface area contributed by atoms with Gasteiger partial charge in [-0.2, -0.15) is 0 Å². The maximum atomic E-state index is 14.3. The van der Waals surface area contributed by atoms with Crippen LogP contribution in [0.4, 0.5) is 4.79 Å². The van der Waals surface area contributed by atoms with Gasteiger partial charge < -0.3 is 20.3 Å². The summed E-state index contributed by atoms with van der Waals surface area (Å²) in [6.07, 6.45) is 9.03. The Balaban J connectivity index is 2.49. The van der Waals surface area contributed by atoms with Gasteiger partial charge in [-0.05, 0) is 62.8 Å². The lowest BCUT2D eigenvalue weighted by Crippen LogP contribution is -2.53. The Labute approximate surface area is 246 Å². The van der Waals surface area contributed by atoms with E-state index in [1.807, 2.05) is 44.2 Å². The molecule has 0 heterocycles. The Hall–Kier alpha value is -3.79. The molecular formula is C34H47N3O4. The summed E-state index contributed by atoms with van der Waals surface area (Å²) in [5.41, 5.74) is 1.57. The van der Waals surface area contributed by atoms with Gasteiger partial charge in [0.1, 0.15) is 17.7 Å². The van der Waals surface area contributed by atoms with Crippen molar-refractivity contribution in [1.29, 1.82) is 0 Å². The fourth-order valence-corrected chi connectivity index (χ4v) is 4.53. The molecule has 41 heavy (non-hydrogen) atoms. The number of alkyl carbamates (subject to hydrolysis) is 1. The van der Waals surface area contributed by atoms with Crippen LogP contribution in [0.1, 0.15) is 96.4 Å². The molecule has 0 aliphatic carbocycles. The van der Waals surface area contributed by atoms with Gasteiger partial charge in [0.15, 0.2) is 0 Å².